The molecule has 0 radical (unpaired) electrons. The van der Waals surface area contributed by atoms with Crippen molar-refractivity contribution in [3.8, 4) is 0 Å². The number of ether oxygens (including phenoxy) is 1. The molecule has 2 heterocycles. The highest BCUT2D eigenvalue weighted by molar-refractivity contribution is 5.92. The Balaban J connectivity index is 1.75. The van der Waals surface area contributed by atoms with E-state index in [-0.39, 0.29) is 30.2 Å². The first-order chi connectivity index (χ1) is 16.7. The van der Waals surface area contributed by atoms with Gasteiger partial charge in [-0.25, -0.2) is 0 Å². The number of aliphatic hydroxyl groups is 2. The van der Waals surface area contributed by atoms with Gasteiger partial charge >= 0.3 is 5.97 Å². The number of nitrogens with one attached hydrogen (secondary N) is 1. The van der Waals surface area contributed by atoms with Crippen molar-refractivity contribution in [3.63, 3.8) is 0 Å². The van der Waals surface area contributed by atoms with Gasteiger partial charge in [0.15, 0.2) is 0 Å². The standard InChI is InChI=1S/C29H39NO5/c1-18-9-7-13-22(31)15-16-25(32)35-29-23(14-8-10-18)27(33)20(3)19(2)26(29)24(30-28(29)34)17-21-11-5-4-6-12-21/h4-6,8,11-12,14,18-19,22-24,26-27,31,33H,3,7,9-10,13,15-17H2,1-2H3,(H,30,34)/b14-8+/t18-,19?,22+,23-,24-,26?,27+,29+/m0/s1. The van der Waals surface area contributed by atoms with Crippen molar-refractivity contribution in [1.82, 2.24) is 5.32 Å². The Morgan fingerprint density at radius 1 is 1.11 bits per heavy atom. The predicted molar refractivity (Wildman–Crippen MR) is 134 cm³/mol. The molecule has 8 atom stereocenters. The quantitative estimate of drug-likeness (QED) is 0.442. The SMILES string of the molecule is C=C1C(C)C2[C@H](Cc3ccccc3)NC(=O)[C@]23OC(=O)CC[C@H](O)CCC[C@H](C)C/C=C/[C@H]3[C@@H]1O. The number of allylic oxidation sites excluding steroid dienone is 1. The summed E-state index contributed by atoms with van der Waals surface area (Å²) in [4.78, 5) is 26.9. The highest BCUT2D eigenvalue weighted by Crippen LogP contribution is 2.52. The number of benzene rings is 1. The molecule has 3 N–H and O–H groups in total. The summed E-state index contributed by atoms with van der Waals surface area (Å²) in [6.07, 6.45) is 6.53. The van der Waals surface area contributed by atoms with Crippen LogP contribution in [0.4, 0.5) is 0 Å². The third-order valence-corrected chi connectivity index (χ3v) is 8.32. The van der Waals surface area contributed by atoms with Crippen molar-refractivity contribution in [2.45, 2.75) is 82.6 Å². The maximum absolute atomic E-state index is 13.8. The van der Waals surface area contributed by atoms with Crippen LogP contribution >= 0.6 is 0 Å². The van der Waals surface area contributed by atoms with Crippen molar-refractivity contribution >= 4 is 11.9 Å². The molecule has 1 amide bonds. The molecule has 190 valence electrons. The lowest BCUT2D eigenvalue weighted by molar-refractivity contribution is -0.187. The Labute approximate surface area is 208 Å². The minimum Gasteiger partial charge on any atom is -0.448 e. The number of carbonyl (C=O) groups is 2. The van der Waals surface area contributed by atoms with Crippen LogP contribution in [0.3, 0.4) is 0 Å². The summed E-state index contributed by atoms with van der Waals surface area (Å²) in [5.74, 6) is -1.80. The Bertz CT molecular complexity index is 959. The van der Waals surface area contributed by atoms with Crippen molar-refractivity contribution in [2.24, 2.45) is 23.7 Å². The summed E-state index contributed by atoms with van der Waals surface area (Å²) in [5.41, 5.74) is 0.219. The Hall–Kier alpha value is -2.44. The van der Waals surface area contributed by atoms with Gasteiger partial charge in [-0.1, -0.05) is 75.8 Å². The Kier molecular flexibility index (Phi) is 7.82. The predicted octanol–water partition coefficient (Wildman–Crippen LogP) is 3.72. The molecule has 2 aliphatic heterocycles. The largest absolute Gasteiger partial charge is 0.448 e. The fraction of sp³-hybridized carbons (Fsp3) is 0.586. The van der Waals surface area contributed by atoms with Gasteiger partial charge in [-0.3, -0.25) is 9.59 Å². The van der Waals surface area contributed by atoms with E-state index in [4.69, 9.17) is 4.74 Å². The number of esters is 1. The average Bonchev–Trinajstić information content (AvgIpc) is 3.09. The van der Waals surface area contributed by atoms with Gasteiger partial charge < -0.3 is 20.3 Å². The summed E-state index contributed by atoms with van der Waals surface area (Å²) in [6, 6.07) is 9.66. The highest BCUT2D eigenvalue weighted by atomic mass is 16.6. The third kappa shape index (κ3) is 5.10. The molecule has 1 saturated carbocycles. The van der Waals surface area contributed by atoms with Crippen molar-refractivity contribution in [2.75, 3.05) is 0 Å². The number of hydrogen-bond acceptors (Lipinski definition) is 5. The molecule has 1 aromatic rings. The smallest absolute Gasteiger partial charge is 0.306 e. The van der Waals surface area contributed by atoms with Crippen LogP contribution in [0.5, 0.6) is 0 Å². The Morgan fingerprint density at radius 3 is 2.60 bits per heavy atom. The van der Waals surface area contributed by atoms with Crippen LogP contribution < -0.4 is 5.32 Å². The third-order valence-electron chi connectivity index (χ3n) is 8.32. The van der Waals surface area contributed by atoms with E-state index in [0.717, 1.165) is 24.8 Å². The van der Waals surface area contributed by atoms with Crippen LogP contribution in [0.15, 0.2) is 54.6 Å². The van der Waals surface area contributed by atoms with E-state index in [1.165, 1.54) is 0 Å². The Morgan fingerprint density at radius 2 is 1.86 bits per heavy atom. The second-order valence-electron chi connectivity index (χ2n) is 10.8. The van der Waals surface area contributed by atoms with Crippen LogP contribution in [-0.2, 0) is 20.7 Å². The van der Waals surface area contributed by atoms with E-state index < -0.39 is 29.7 Å². The molecular formula is C29H39NO5. The highest BCUT2D eigenvalue weighted by Gasteiger charge is 2.67. The zero-order valence-corrected chi connectivity index (χ0v) is 20.9. The molecule has 1 saturated heterocycles. The second-order valence-corrected chi connectivity index (χ2v) is 10.8. The molecule has 0 bridgehead atoms. The van der Waals surface area contributed by atoms with E-state index >= 15 is 0 Å². The van der Waals surface area contributed by atoms with E-state index in [2.05, 4.69) is 18.8 Å². The van der Waals surface area contributed by atoms with Crippen molar-refractivity contribution < 1.29 is 24.5 Å². The lowest BCUT2D eigenvalue weighted by Crippen LogP contribution is -2.61. The topological polar surface area (TPSA) is 95.9 Å². The number of amides is 1. The molecule has 2 fully saturated rings. The van der Waals surface area contributed by atoms with Gasteiger partial charge in [0.05, 0.1) is 18.1 Å². The maximum atomic E-state index is 13.8. The van der Waals surface area contributed by atoms with Gasteiger partial charge in [-0.15, -0.1) is 0 Å². The number of carbonyl (C=O) groups excluding carboxylic acids is 2. The first-order valence-electron chi connectivity index (χ1n) is 13.0. The molecule has 0 aromatic heterocycles. The number of hydrogen-bond donors (Lipinski definition) is 3. The molecule has 35 heavy (non-hydrogen) atoms. The van der Waals surface area contributed by atoms with Gasteiger partial charge in [-0.2, -0.15) is 0 Å². The van der Waals surface area contributed by atoms with E-state index in [1.54, 1.807) is 0 Å². The van der Waals surface area contributed by atoms with Gasteiger partial charge in [-0.05, 0) is 48.7 Å². The fourth-order valence-corrected chi connectivity index (χ4v) is 6.30. The zero-order valence-electron chi connectivity index (χ0n) is 20.9. The van der Waals surface area contributed by atoms with Crippen molar-refractivity contribution in [1.29, 1.82) is 0 Å². The number of aliphatic hydroxyl groups excluding tert-OH is 2. The van der Waals surface area contributed by atoms with Crippen LogP contribution in [-0.4, -0.2) is 45.9 Å². The van der Waals surface area contributed by atoms with Gasteiger partial charge in [0, 0.05) is 18.4 Å². The monoisotopic (exact) mass is 481 g/mol. The molecule has 2 unspecified atom stereocenters. The minimum absolute atomic E-state index is 0.0314. The van der Waals surface area contributed by atoms with Crippen LogP contribution in [0.1, 0.15) is 57.9 Å². The van der Waals surface area contributed by atoms with E-state index in [0.29, 0.717) is 30.8 Å². The molecule has 6 nitrogen and oxygen atoms in total. The minimum atomic E-state index is -1.52. The molecule has 4 rings (SSSR count). The first kappa shape index (κ1) is 25.6. The zero-order chi connectivity index (χ0) is 25.2. The summed E-state index contributed by atoms with van der Waals surface area (Å²) in [7, 11) is 0. The van der Waals surface area contributed by atoms with Crippen LogP contribution in [0.2, 0.25) is 0 Å². The summed E-state index contributed by atoms with van der Waals surface area (Å²) in [6.45, 7) is 8.32. The molecular weight excluding hydrogens is 442 g/mol. The van der Waals surface area contributed by atoms with Crippen LogP contribution in [0.25, 0.3) is 0 Å². The molecule has 1 spiro atoms. The van der Waals surface area contributed by atoms with Crippen LogP contribution in [0, 0.1) is 23.7 Å². The summed E-state index contributed by atoms with van der Waals surface area (Å²) >= 11 is 0. The molecule has 1 aromatic carbocycles. The van der Waals surface area contributed by atoms with Crippen molar-refractivity contribution in [3.05, 3.63) is 60.2 Å². The average molecular weight is 482 g/mol. The molecule has 3 aliphatic rings. The van der Waals surface area contributed by atoms with Gasteiger partial charge in [0.2, 0.25) is 5.60 Å². The lowest BCUT2D eigenvalue weighted by Gasteiger charge is -2.49. The lowest BCUT2D eigenvalue weighted by atomic mass is 9.59. The van der Waals surface area contributed by atoms with E-state index in [9.17, 15) is 19.8 Å². The molecule has 6 heteroatoms. The van der Waals surface area contributed by atoms with E-state index in [1.807, 2.05) is 49.4 Å². The fourth-order valence-electron chi connectivity index (χ4n) is 6.30. The summed E-state index contributed by atoms with van der Waals surface area (Å²) < 4.78 is 6.14. The first-order valence-corrected chi connectivity index (χ1v) is 13.0. The molecule has 1 aliphatic carbocycles. The second kappa shape index (κ2) is 10.7. The van der Waals surface area contributed by atoms with Gasteiger partial charge in [0.25, 0.3) is 5.91 Å². The normalized spacial score (nSPS) is 39.5. The number of rotatable bonds is 2. The van der Waals surface area contributed by atoms with Gasteiger partial charge in [0.1, 0.15) is 0 Å². The summed E-state index contributed by atoms with van der Waals surface area (Å²) in [5, 5.41) is 24.8. The maximum Gasteiger partial charge on any atom is 0.306 e.